The van der Waals surface area contributed by atoms with Crippen molar-refractivity contribution in [3.63, 3.8) is 0 Å². The van der Waals surface area contributed by atoms with Crippen LogP contribution >= 0.6 is 0 Å². The molecule has 9 heteroatoms. The average Bonchev–Trinajstić information content (AvgIpc) is 2.80. The third-order valence-corrected chi connectivity index (χ3v) is 5.90. The first-order valence-corrected chi connectivity index (χ1v) is 10.5. The lowest BCUT2D eigenvalue weighted by atomic mass is 9.99. The molecule has 2 atom stereocenters. The molecule has 0 aromatic heterocycles. The van der Waals surface area contributed by atoms with Crippen LogP contribution in [-0.4, -0.2) is 56.7 Å². The maximum absolute atomic E-state index is 13.7. The van der Waals surface area contributed by atoms with E-state index < -0.39 is 65.5 Å². The number of anilines is 1. The van der Waals surface area contributed by atoms with Crippen LogP contribution in [0.25, 0.3) is 0 Å². The number of amides is 1. The first kappa shape index (κ1) is 13.8. The fraction of sp³-hybridized carbons (Fsp3) is 0.381. The van der Waals surface area contributed by atoms with Gasteiger partial charge in [0.2, 0.25) is 17.9 Å². The summed E-state index contributed by atoms with van der Waals surface area (Å²) < 4.78 is 99.2. The van der Waals surface area contributed by atoms with Crippen LogP contribution in [0, 0.1) is 5.89 Å². The van der Waals surface area contributed by atoms with E-state index in [4.69, 9.17) is 18.1 Å². The number of nitrogen functional groups attached to an aromatic ring is 1. The van der Waals surface area contributed by atoms with Crippen molar-refractivity contribution in [3.05, 3.63) is 60.2 Å². The van der Waals surface area contributed by atoms with E-state index in [1.807, 2.05) is 0 Å². The van der Waals surface area contributed by atoms with Crippen molar-refractivity contribution in [3.8, 4) is 0 Å². The molecule has 0 bridgehead atoms. The molecule has 0 fully saturated rings. The fourth-order valence-corrected chi connectivity index (χ4v) is 4.10. The molecular weight excluding hydrogens is 401 g/mol. The molecule has 2 rings (SSSR count). The van der Waals surface area contributed by atoms with E-state index >= 15 is 0 Å². The van der Waals surface area contributed by atoms with Gasteiger partial charge in [-0.05, 0) is 42.1 Å². The summed E-state index contributed by atoms with van der Waals surface area (Å²) in [5.41, 5.74) is 6.38. The normalized spacial score (nSPS) is 20.0. The zero-order valence-corrected chi connectivity index (χ0v) is 17.2. The lowest BCUT2D eigenvalue weighted by molar-refractivity contribution is 0.106. The quantitative estimate of drug-likeness (QED) is 0.380. The molecule has 0 spiro atoms. The number of sulfonamides is 1. The highest BCUT2D eigenvalue weighted by Gasteiger charge is 2.30. The fourth-order valence-electron chi connectivity index (χ4n) is 2.81. The summed E-state index contributed by atoms with van der Waals surface area (Å²) in [5, 5.41) is 13.6. The van der Waals surface area contributed by atoms with Crippen LogP contribution in [0.2, 0.25) is 0 Å². The van der Waals surface area contributed by atoms with Gasteiger partial charge in [0.05, 0.1) is 17.0 Å². The molecule has 0 aliphatic heterocycles. The smallest absolute Gasteiger partial charge is 0.243 e. The van der Waals surface area contributed by atoms with Crippen LogP contribution in [-0.2, 0) is 16.4 Å². The lowest BCUT2D eigenvalue weighted by Gasteiger charge is -2.30. The first-order valence-electron chi connectivity index (χ1n) is 13.5. The number of carbonyl (C=O) groups excluding carboxylic acids is 1. The number of benzene rings is 2. The van der Waals surface area contributed by atoms with Crippen LogP contribution in [0.1, 0.15) is 31.6 Å². The number of nitrogens with one attached hydrogen (secondary N) is 1. The molecule has 162 valence electrons. The van der Waals surface area contributed by atoms with Crippen molar-refractivity contribution in [2.75, 3.05) is 18.8 Å². The van der Waals surface area contributed by atoms with Crippen LogP contribution in [0.15, 0.2) is 59.5 Å². The molecule has 0 aliphatic carbocycles. The Bertz CT molecular complexity index is 1230. The number of nitrogens with two attached hydrogens (primary N) is 1. The lowest BCUT2D eigenvalue weighted by Crippen LogP contribution is -2.50. The van der Waals surface area contributed by atoms with E-state index in [0.717, 1.165) is 20.0 Å². The number of carbonyl (C=O) groups is 1. The third-order valence-electron chi connectivity index (χ3n) is 4.21. The zero-order chi connectivity index (χ0) is 30.0. The van der Waals surface area contributed by atoms with Gasteiger partial charge in [-0.3, -0.25) is 4.79 Å². The van der Waals surface area contributed by atoms with Crippen molar-refractivity contribution in [1.29, 1.82) is 0 Å². The summed E-state index contributed by atoms with van der Waals surface area (Å²) in [6.07, 6.45) is -1.91. The molecule has 30 heavy (non-hydrogen) atoms. The minimum atomic E-state index is -5.10. The number of nitrogens with zero attached hydrogens (tertiary/aromatic N) is 1. The van der Waals surface area contributed by atoms with Gasteiger partial charge >= 0.3 is 0 Å². The van der Waals surface area contributed by atoms with Gasteiger partial charge in [0.25, 0.3) is 0 Å². The van der Waals surface area contributed by atoms with Crippen molar-refractivity contribution < 1.29 is 30.7 Å². The molecule has 0 saturated heterocycles. The van der Waals surface area contributed by atoms with Gasteiger partial charge in [-0.2, -0.15) is 4.31 Å². The van der Waals surface area contributed by atoms with Crippen molar-refractivity contribution in [1.82, 2.24) is 9.62 Å². The van der Waals surface area contributed by atoms with Crippen LogP contribution in [0.5, 0.6) is 0 Å². The van der Waals surface area contributed by atoms with Gasteiger partial charge in [-0.15, -0.1) is 0 Å². The second-order valence-electron chi connectivity index (χ2n) is 6.66. The molecule has 1 amide bonds. The minimum absolute atomic E-state index is 0.0368. The first-order chi connectivity index (χ1) is 17.7. The van der Waals surface area contributed by atoms with E-state index in [1.165, 1.54) is 12.1 Å². The van der Waals surface area contributed by atoms with Crippen molar-refractivity contribution in [2.24, 2.45) is 5.89 Å². The molecule has 0 radical (unpaired) electrons. The maximum atomic E-state index is 13.7. The predicted octanol–water partition coefficient (Wildman–Crippen LogP) is 1.23. The van der Waals surface area contributed by atoms with Gasteiger partial charge in [-0.1, -0.05) is 44.0 Å². The highest BCUT2D eigenvalue weighted by Crippen LogP contribution is 2.20. The average molecular weight is 440 g/mol. The SMILES string of the molecule is [2H]C([2H])([2H])C([2H])(C([2H])([2H])[2H])C([2H])([2H])N(C[C@@H](O)[C@H](Cc1ccccc1)NC(B)=O)S(=O)(=O)c1ccc(N)cc1. The van der Waals surface area contributed by atoms with Crippen LogP contribution in [0.3, 0.4) is 0 Å². The van der Waals surface area contributed by atoms with Gasteiger partial charge < -0.3 is 16.2 Å². The Morgan fingerprint density at radius 2 is 1.90 bits per heavy atom. The Labute approximate surface area is 192 Å². The second-order valence-corrected chi connectivity index (χ2v) is 8.52. The number of hydrogen-bond donors (Lipinski definition) is 3. The van der Waals surface area contributed by atoms with Crippen LogP contribution in [0.4, 0.5) is 10.5 Å². The standard InChI is InChI=1S/C21H30BN3O4S/c1-15(2)13-25(30(28,29)18-10-8-17(23)9-11-18)14-20(26)19(24-21(22)27)12-16-6-4-3-5-7-16/h3-11,15,19-20,26H,12-14,22-23H2,1-2H3,(H,24,27)/t19-,20+/m0/s1/i1D3,2D3,13D2,15D. The minimum Gasteiger partial charge on any atom is -0.399 e. The number of rotatable bonds is 10. The molecule has 0 saturated carbocycles. The molecule has 2 aromatic rings. The molecule has 7 nitrogen and oxygen atoms in total. The zero-order valence-electron chi connectivity index (χ0n) is 25.4. The van der Waals surface area contributed by atoms with Crippen molar-refractivity contribution >= 4 is 29.4 Å². The molecule has 2 aromatic carbocycles. The maximum Gasteiger partial charge on any atom is 0.243 e. The van der Waals surface area contributed by atoms with Gasteiger partial charge in [0.1, 0.15) is 0 Å². The van der Waals surface area contributed by atoms with Gasteiger partial charge in [0, 0.05) is 31.1 Å². The Kier molecular flexibility index (Phi) is 4.90. The van der Waals surface area contributed by atoms with Crippen molar-refractivity contribution in [2.45, 2.75) is 37.2 Å². The number of hydrogen-bond acceptors (Lipinski definition) is 5. The topological polar surface area (TPSA) is 113 Å². The van der Waals surface area contributed by atoms with Gasteiger partial charge in [-0.25, -0.2) is 8.42 Å². The predicted molar refractivity (Wildman–Crippen MR) is 121 cm³/mol. The summed E-state index contributed by atoms with van der Waals surface area (Å²) in [5.74, 6) is -4.60. The summed E-state index contributed by atoms with van der Waals surface area (Å²) in [6.45, 7) is -12.8. The van der Waals surface area contributed by atoms with Crippen LogP contribution < -0.4 is 11.1 Å². The Hall–Kier alpha value is -2.36. The Morgan fingerprint density at radius 1 is 1.27 bits per heavy atom. The molecule has 0 unspecified atom stereocenters. The summed E-state index contributed by atoms with van der Waals surface area (Å²) in [6, 6.07) is 11.6. The summed E-state index contributed by atoms with van der Waals surface area (Å²) in [7, 11) is -3.96. The Morgan fingerprint density at radius 3 is 2.47 bits per heavy atom. The summed E-state index contributed by atoms with van der Waals surface area (Å²) >= 11 is 0. The molecule has 0 aliphatic rings. The highest BCUT2D eigenvalue weighted by atomic mass is 32.2. The molecular formula is C21H30BN3O4S. The summed E-state index contributed by atoms with van der Waals surface area (Å²) in [4.78, 5) is 11.3. The second kappa shape index (κ2) is 10.6. The van der Waals surface area contributed by atoms with E-state index in [2.05, 4.69) is 5.32 Å². The Balaban J connectivity index is 2.72. The van der Waals surface area contributed by atoms with Gasteiger partial charge in [0.15, 0.2) is 5.81 Å². The molecule has 4 N–H and O–H groups in total. The monoisotopic (exact) mass is 440 g/mol. The third kappa shape index (κ3) is 6.86. The van der Waals surface area contributed by atoms with E-state index in [1.54, 1.807) is 30.3 Å². The highest BCUT2D eigenvalue weighted by molar-refractivity contribution is 7.89. The number of aliphatic hydroxyl groups is 1. The van der Waals surface area contributed by atoms with E-state index in [-0.39, 0.29) is 16.4 Å². The number of aliphatic hydroxyl groups excluding tert-OH is 1. The van der Waals surface area contributed by atoms with E-state index in [0.29, 0.717) is 5.56 Å². The van der Waals surface area contributed by atoms with E-state index in [9.17, 15) is 18.3 Å². The largest absolute Gasteiger partial charge is 0.399 e. The molecule has 0 heterocycles.